The van der Waals surface area contributed by atoms with Gasteiger partial charge in [0.25, 0.3) is 0 Å². The summed E-state index contributed by atoms with van der Waals surface area (Å²) in [7, 11) is 1.36. The summed E-state index contributed by atoms with van der Waals surface area (Å²) in [5.41, 5.74) is 1.55. The molecule has 0 amide bonds. The predicted molar refractivity (Wildman–Crippen MR) is 71.6 cm³/mol. The third-order valence-electron chi connectivity index (χ3n) is 2.61. The van der Waals surface area contributed by atoms with E-state index in [0.29, 0.717) is 30.8 Å². The van der Waals surface area contributed by atoms with Crippen molar-refractivity contribution in [3.63, 3.8) is 0 Å². The maximum Gasteiger partial charge on any atom is 0.333 e. The number of carbonyl (C=O) groups is 1. The maximum absolute atomic E-state index is 11.3. The van der Waals surface area contributed by atoms with Crippen LogP contribution in [0.25, 0.3) is 0 Å². The molecule has 0 aromatic heterocycles. The van der Waals surface area contributed by atoms with Crippen LogP contribution in [0.15, 0.2) is 35.9 Å². The molecule has 1 aromatic rings. The Balaban J connectivity index is 2.54. The minimum Gasteiger partial charge on any atom is -0.490 e. The Labute approximate surface area is 113 Å². The minimum atomic E-state index is -0.324. The van der Waals surface area contributed by atoms with Crippen LogP contribution in [-0.2, 0) is 16.0 Å². The van der Waals surface area contributed by atoms with Crippen LogP contribution < -0.4 is 4.74 Å². The van der Waals surface area contributed by atoms with E-state index in [1.54, 1.807) is 6.08 Å². The molecule has 0 fully saturated rings. The van der Waals surface area contributed by atoms with E-state index in [1.807, 2.05) is 31.2 Å². The van der Waals surface area contributed by atoms with Crippen molar-refractivity contribution in [2.24, 2.45) is 0 Å². The van der Waals surface area contributed by atoms with Crippen LogP contribution in [0.2, 0.25) is 0 Å². The van der Waals surface area contributed by atoms with Crippen molar-refractivity contribution >= 4 is 5.97 Å². The van der Waals surface area contributed by atoms with Gasteiger partial charge in [0.1, 0.15) is 12.4 Å². The second-order valence-electron chi connectivity index (χ2n) is 3.86. The van der Waals surface area contributed by atoms with Gasteiger partial charge < -0.3 is 9.47 Å². The molecule has 0 heterocycles. The van der Waals surface area contributed by atoms with Gasteiger partial charge in [-0.15, -0.1) is 0 Å². The van der Waals surface area contributed by atoms with Gasteiger partial charge in [0, 0.05) is 5.57 Å². The lowest BCUT2D eigenvalue weighted by molar-refractivity contribution is -0.136. The largest absolute Gasteiger partial charge is 0.490 e. The average molecular weight is 259 g/mol. The molecule has 0 N–H and O–H groups in total. The van der Waals surface area contributed by atoms with Gasteiger partial charge in [0.05, 0.1) is 19.6 Å². The van der Waals surface area contributed by atoms with Crippen LogP contribution in [0.3, 0.4) is 0 Å². The van der Waals surface area contributed by atoms with Crippen LogP contribution in [0.1, 0.15) is 18.9 Å². The number of rotatable bonds is 6. The highest BCUT2D eigenvalue weighted by atomic mass is 16.5. The Hall–Kier alpha value is -2.28. The van der Waals surface area contributed by atoms with Crippen LogP contribution in [-0.4, -0.2) is 19.7 Å². The summed E-state index contributed by atoms with van der Waals surface area (Å²) < 4.78 is 10.2. The van der Waals surface area contributed by atoms with Crippen molar-refractivity contribution < 1.29 is 14.3 Å². The van der Waals surface area contributed by atoms with Gasteiger partial charge in [0.2, 0.25) is 0 Å². The van der Waals surface area contributed by atoms with Crippen LogP contribution in [0.4, 0.5) is 0 Å². The number of methoxy groups -OCH3 is 1. The molecule has 1 aromatic carbocycles. The van der Waals surface area contributed by atoms with Crippen LogP contribution in [0, 0.1) is 11.3 Å². The number of ether oxygens (including phenoxy) is 2. The lowest BCUT2D eigenvalue weighted by Gasteiger charge is -2.05. The lowest BCUT2D eigenvalue weighted by Crippen LogP contribution is -2.06. The lowest BCUT2D eigenvalue weighted by atomic mass is 10.2. The fourth-order valence-electron chi connectivity index (χ4n) is 1.54. The second kappa shape index (κ2) is 7.93. The summed E-state index contributed by atoms with van der Waals surface area (Å²) >= 11 is 0. The van der Waals surface area contributed by atoms with E-state index in [9.17, 15) is 4.79 Å². The normalized spacial score (nSPS) is 10.7. The number of benzene rings is 1. The fourth-order valence-corrected chi connectivity index (χ4v) is 1.54. The van der Waals surface area contributed by atoms with Gasteiger partial charge in [-0.2, -0.15) is 5.26 Å². The first-order chi connectivity index (χ1) is 9.21. The van der Waals surface area contributed by atoms with Crippen LogP contribution >= 0.6 is 0 Å². The topological polar surface area (TPSA) is 59.3 Å². The van der Waals surface area contributed by atoms with E-state index in [2.05, 4.69) is 10.8 Å². The van der Waals surface area contributed by atoms with Crippen molar-refractivity contribution in [3.05, 3.63) is 41.5 Å². The van der Waals surface area contributed by atoms with Gasteiger partial charge in [-0.25, -0.2) is 4.79 Å². The first-order valence-corrected chi connectivity index (χ1v) is 6.07. The average Bonchev–Trinajstić information content (AvgIpc) is 2.45. The Morgan fingerprint density at radius 2 is 2.05 bits per heavy atom. The van der Waals surface area contributed by atoms with Crippen molar-refractivity contribution in [3.8, 4) is 11.8 Å². The van der Waals surface area contributed by atoms with E-state index >= 15 is 0 Å². The molecule has 0 saturated carbocycles. The smallest absolute Gasteiger partial charge is 0.333 e. The van der Waals surface area contributed by atoms with Gasteiger partial charge >= 0.3 is 5.97 Å². The molecule has 19 heavy (non-hydrogen) atoms. The summed E-state index contributed by atoms with van der Waals surface area (Å²) in [4.78, 5) is 11.3. The Morgan fingerprint density at radius 3 is 2.58 bits per heavy atom. The zero-order valence-electron chi connectivity index (χ0n) is 11.2. The highest BCUT2D eigenvalue weighted by Gasteiger charge is 2.05. The molecule has 0 saturated heterocycles. The van der Waals surface area contributed by atoms with Gasteiger partial charge in [-0.3, -0.25) is 0 Å². The van der Waals surface area contributed by atoms with Gasteiger partial charge in [-0.05, 0) is 30.2 Å². The third kappa shape index (κ3) is 4.84. The molecular weight excluding hydrogens is 242 g/mol. The maximum atomic E-state index is 11.3. The predicted octanol–water partition coefficient (Wildman–Crippen LogP) is 2.64. The highest BCUT2D eigenvalue weighted by Crippen LogP contribution is 2.13. The molecule has 0 aliphatic heterocycles. The summed E-state index contributed by atoms with van der Waals surface area (Å²) in [6.45, 7) is 2.20. The molecule has 0 atom stereocenters. The molecule has 0 aliphatic carbocycles. The van der Waals surface area contributed by atoms with Gasteiger partial charge in [0.15, 0.2) is 0 Å². The second-order valence-corrected chi connectivity index (χ2v) is 3.86. The standard InChI is InChI=1S/C15H17NO3/c1-3-13(15(17)18-2)9-11-19-14-6-4-12(5-7-14)8-10-16/h4-7,9H,3,8,11H2,1-2H3. The molecule has 1 rings (SSSR count). The number of esters is 1. The SMILES string of the molecule is CCC(=CCOc1ccc(CC#N)cc1)C(=O)OC. The fraction of sp³-hybridized carbons (Fsp3) is 0.333. The third-order valence-corrected chi connectivity index (χ3v) is 2.61. The molecule has 4 nitrogen and oxygen atoms in total. The van der Waals surface area contributed by atoms with E-state index in [0.717, 1.165) is 5.56 Å². The summed E-state index contributed by atoms with van der Waals surface area (Å²) in [5.74, 6) is 0.383. The summed E-state index contributed by atoms with van der Waals surface area (Å²) in [6, 6.07) is 9.41. The monoisotopic (exact) mass is 259 g/mol. The highest BCUT2D eigenvalue weighted by molar-refractivity contribution is 5.88. The van der Waals surface area contributed by atoms with Gasteiger partial charge in [-0.1, -0.05) is 19.1 Å². The number of carbonyl (C=O) groups excluding carboxylic acids is 1. The quantitative estimate of drug-likeness (QED) is 0.582. The molecule has 100 valence electrons. The number of nitriles is 1. The summed E-state index contributed by atoms with van der Waals surface area (Å²) in [5, 5.41) is 8.56. The minimum absolute atomic E-state index is 0.315. The molecule has 0 aliphatic rings. The van der Waals surface area contributed by atoms with Crippen LogP contribution in [0.5, 0.6) is 5.75 Å². The number of hydrogen-bond donors (Lipinski definition) is 0. The molecule has 0 spiro atoms. The molecule has 0 unspecified atom stereocenters. The molecule has 0 bridgehead atoms. The van der Waals surface area contributed by atoms with E-state index in [4.69, 9.17) is 10.00 Å². The Bertz CT molecular complexity index is 483. The van der Waals surface area contributed by atoms with E-state index in [-0.39, 0.29) is 5.97 Å². The Kier molecular flexibility index (Phi) is 6.17. The number of nitrogens with zero attached hydrogens (tertiary/aromatic N) is 1. The van der Waals surface area contributed by atoms with E-state index in [1.165, 1.54) is 7.11 Å². The molecule has 4 heteroatoms. The van der Waals surface area contributed by atoms with Crippen molar-refractivity contribution in [2.75, 3.05) is 13.7 Å². The first-order valence-electron chi connectivity index (χ1n) is 6.07. The zero-order chi connectivity index (χ0) is 14.1. The zero-order valence-corrected chi connectivity index (χ0v) is 11.2. The van der Waals surface area contributed by atoms with Crippen molar-refractivity contribution in [2.45, 2.75) is 19.8 Å². The molecular formula is C15H17NO3. The van der Waals surface area contributed by atoms with Crippen molar-refractivity contribution in [1.29, 1.82) is 5.26 Å². The Morgan fingerprint density at radius 1 is 1.37 bits per heavy atom. The molecule has 0 radical (unpaired) electrons. The summed E-state index contributed by atoms with van der Waals surface area (Å²) in [6.07, 6.45) is 2.72. The number of hydrogen-bond acceptors (Lipinski definition) is 4. The van der Waals surface area contributed by atoms with E-state index < -0.39 is 0 Å². The first kappa shape index (κ1) is 14.8. The van der Waals surface area contributed by atoms with Crippen molar-refractivity contribution in [1.82, 2.24) is 0 Å².